The minimum absolute atomic E-state index is 0.0520. The van der Waals surface area contributed by atoms with Gasteiger partial charge in [0.2, 0.25) is 5.88 Å². The van der Waals surface area contributed by atoms with Crippen LogP contribution >= 0.6 is 0 Å². The SMILES string of the molecule is Cc1cc(O)n2nc(OCCO)nc2n1. The van der Waals surface area contributed by atoms with Gasteiger partial charge in [-0.3, -0.25) is 0 Å². The summed E-state index contributed by atoms with van der Waals surface area (Å²) in [6.45, 7) is 1.73. The Balaban J connectivity index is 2.41. The lowest BCUT2D eigenvalue weighted by atomic mass is 10.4. The van der Waals surface area contributed by atoms with E-state index in [1.807, 2.05) is 0 Å². The summed E-state index contributed by atoms with van der Waals surface area (Å²) in [6, 6.07) is 1.55. The smallest absolute Gasteiger partial charge is 0.337 e. The van der Waals surface area contributed by atoms with E-state index in [1.54, 1.807) is 6.92 Å². The highest BCUT2D eigenvalue weighted by Gasteiger charge is 2.09. The summed E-state index contributed by atoms with van der Waals surface area (Å²) >= 11 is 0. The van der Waals surface area contributed by atoms with Crippen LogP contribution in [0.25, 0.3) is 5.78 Å². The Labute approximate surface area is 85.0 Å². The van der Waals surface area contributed by atoms with Gasteiger partial charge in [0.15, 0.2) is 0 Å². The largest absolute Gasteiger partial charge is 0.493 e. The second-order valence-electron chi connectivity index (χ2n) is 2.93. The van der Waals surface area contributed by atoms with Gasteiger partial charge in [0.05, 0.1) is 6.61 Å². The van der Waals surface area contributed by atoms with Crippen molar-refractivity contribution in [3.63, 3.8) is 0 Å². The zero-order chi connectivity index (χ0) is 10.8. The van der Waals surface area contributed by atoms with Crippen LogP contribution in [0, 0.1) is 6.92 Å². The zero-order valence-electron chi connectivity index (χ0n) is 8.08. The molecule has 0 aliphatic carbocycles. The summed E-state index contributed by atoms with van der Waals surface area (Å²) in [7, 11) is 0. The average Bonchev–Trinajstić information content (AvgIpc) is 2.57. The van der Waals surface area contributed by atoms with Gasteiger partial charge in [-0.2, -0.15) is 9.50 Å². The molecule has 2 heterocycles. The number of nitrogens with zero attached hydrogens (tertiary/aromatic N) is 4. The summed E-state index contributed by atoms with van der Waals surface area (Å²) in [5, 5.41) is 21.9. The van der Waals surface area contributed by atoms with Crippen molar-refractivity contribution in [1.29, 1.82) is 0 Å². The summed E-state index contributed by atoms with van der Waals surface area (Å²) in [5.41, 5.74) is 0.640. The number of hydrogen-bond acceptors (Lipinski definition) is 6. The minimum atomic E-state index is -0.117. The van der Waals surface area contributed by atoms with Gasteiger partial charge in [-0.1, -0.05) is 0 Å². The first-order valence-electron chi connectivity index (χ1n) is 4.38. The third-order valence-electron chi connectivity index (χ3n) is 1.72. The van der Waals surface area contributed by atoms with E-state index in [9.17, 15) is 5.11 Å². The predicted octanol–water partition coefficient (Wildman–Crippen LogP) is -0.491. The molecule has 7 heteroatoms. The van der Waals surface area contributed by atoms with Gasteiger partial charge in [0.1, 0.15) is 6.61 Å². The van der Waals surface area contributed by atoms with Crippen molar-refractivity contribution in [3.8, 4) is 11.9 Å². The summed E-state index contributed by atoms with van der Waals surface area (Å²) in [6.07, 6.45) is 0. The molecule has 2 aromatic rings. The molecule has 2 N–H and O–H groups in total. The van der Waals surface area contributed by atoms with Crippen molar-refractivity contribution >= 4 is 5.78 Å². The van der Waals surface area contributed by atoms with E-state index in [4.69, 9.17) is 9.84 Å². The lowest BCUT2D eigenvalue weighted by molar-refractivity contribution is 0.191. The molecule has 15 heavy (non-hydrogen) atoms. The van der Waals surface area contributed by atoms with E-state index >= 15 is 0 Å². The molecule has 0 radical (unpaired) electrons. The number of ether oxygens (including phenoxy) is 1. The highest BCUT2D eigenvalue weighted by atomic mass is 16.5. The molecular formula is C8H10N4O3. The van der Waals surface area contributed by atoms with E-state index in [2.05, 4.69) is 15.1 Å². The van der Waals surface area contributed by atoms with Gasteiger partial charge >= 0.3 is 6.01 Å². The van der Waals surface area contributed by atoms with Gasteiger partial charge in [-0.05, 0) is 6.92 Å². The van der Waals surface area contributed by atoms with E-state index in [-0.39, 0.29) is 30.9 Å². The number of aliphatic hydroxyl groups excluding tert-OH is 1. The molecule has 0 unspecified atom stereocenters. The quantitative estimate of drug-likeness (QED) is 0.710. The number of aliphatic hydroxyl groups is 1. The Hall–Kier alpha value is -1.89. The van der Waals surface area contributed by atoms with Crippen LogP contribution in [0.1, 0.15) is 5.69 Å². The molecule has 0 bridgehead atoms. The van der Waals surface area contributed by atoms with Crippen molar-refractivity contribution in [1.82, 2.24) is 19.6 Å². The molecule has 0 fully saturated rings. The van der Waals surface area contributed by atoms with Crippen LogP contribution in [0.3, 0.4) is 0 Å². The normalized spacial score (nSPS) is 10.8. The van der Waals surface area contributed by atoms with Crippen molar-refractivity contribution in [3.05, 3.63) is 11.8 Å². The summed E-state index contributed by atoms with van der Waals surface area (Å²) < 4.78 is 6.16. The van der Waals surface area contributed by atoms with Gasteiger partial charge in [0.25, 0.3) is 5.78 Å². The molecule has 2 rings (SSSR count). The van der Waals surface area contributed by atoms with Crippen molar-refractivity contribution in [2.45, 2.75) is 6.92 Å². The maximum absolute atomic E-state index is 9.51. The van der Waals surface area contributed by atoms with E-state index in [0.29, 0.717) is 5.69 Å². The van der Waals surface area contributed by atoms with Crippen molar-refractivity contribution in [2.24, 2.45) is 0 Å². The van der Waals surface area contributed by atoms with Gasteiger partial charge in [-0.25, -0.2) is 4.98 Å². The second kappa shape index (κ2) is 3.70. The Morgan fingerprint density at radius 3 is 3.00 bits per heavy atom. The molecule has 2 aromatic heterocycles. The first kappa shape index (κ1) is 9.66. The Morgan fingerprint density at radius 2 is 2.27 bits per heavy atom. The summed E-state index contributed by atoms with van der Waals surface area (Å²) in [5.74, 6) is 0.212. The van der Waals surface area contributed by atoms with Crippen LogP contribution < -0.4 is 4.74 Å². The monoisotopic (exact) mass is 210 g/mol. The molecular weight excluding hydrogens is 200 g/mol. The number of fused-ring (bicyclic) bond motifs is 1. The first-order valence-corrected chi connectivity index (χ1v) is 4.38. The molecule has 0 aromatic carbocycles. The van der Waals surface area contributed by atoms with Crippen LogP contribution in [0.5, 0.6) is 11.9 Å². The predicted molar refractivity (Wildman–Crippen MR) is 49.8 cm³/mol. The van der Waals surface area contributed by atoms with Crippen molar-refractivity contribution < 1.29 is 14.9 Å². The topological polar surface area (TPSA) is 92.8 Å². The fraction of sp³-hybridized carbons (Fsp3) is 0.375. The fourth-order valence-corrected chi connectivity index (χ4v) is 1.15. The van der Waals surface area contributed by atoms with E-state index < -0.39 is 0 Å². The van der Waals surface area contributed by atoms with Crippen LogP contribution in [-0.4, -0.2) is 43.0 Å². The second-order valence-corrected chi connectivity index (χ2v) is 2.93. The Bertz CT molecular complexity index is 482. The lowest BCUT2D eigenvalue weighted by Gasteiger charge is -1.96. The first-order chi connectivity index (χ1) is 7.20. The van der Waals surface area contributed by atoms with Crippen LogP contribution in [0.4, 0.5) is 0 Å². The van der Waals surface area contributed by atoms with Crippen LogP contribution in [-0.2, 0) is 0 Å². The van der Waals surface area contributed by atoms with E-state index in [1.165, 1.54) is 10.6 Å². The standard InChI is InChI=1S/C8H10N4O3/c1-5-4-6(14)12-7(9-5)10-8(11-12)15-3-2-13/h4,13-14H,2-3H2,1H3. The Morgan fingerprint density at radius 1 is 1.47 bits per heavy atom. The highest BCUT2D eigenvalue weighted by Crippen LogP contribution is 2.14. The number of hydrogen-bond donors (Lipinski definition) is 2. The molecule has 0 atom stereocenters. The average molecular weight is 210 g/mol. The molecule has 0 saturated carbocycles. The van der Waals surface area contributed by atoms with Crippen LogP contribution in [0.15, 0.2) is 6.07 Å². The lowest BCUT2D eigenvalue weighted by Crippen LogP contribution is -2.02. The molecule has 0 aliphatic rings. The maximum Gasteiger partial charge on any atom is 0.337 e. The number of rotatable bonds is 3. The maximum atomic E-state index is 9.51. The number of aromatic hydroxyl groups is 1. The Kier molecular flexibility index (Phi) is 2.38. The third-order valence-corrected chi connectivity index (χ3v) is 1.72. The molecule has 0 spiro atoms. The van der Waals surface area contributed by atoms with Gasteiger partial charge in [-0.15, -0.1) is 5.10 Å². The number of aryl methyl sites for hydroxylation is 1. The molecule has 0 aliphatic heterocycles. The number of aromatic nitrogens is 4. The van der Waals surface area contributed by atoms with E-state index in [0.717, 1.165) is 0 Å². The third kappa shape index (κ3) is 1.82. The molecule has 0 amide bonds. The molecule has 0 saturated heterocycles. The van der Waals surface area contributed by atoms with Gasteiger partial charge in [0, 0.05) is 11.8 Å². The minimum Gasteiger partial charge on any atom is -0.493 e. The van der Waals surface area contributed by atoms with Crippen LogP contribution in [0.2, 0.25) is 0 Å². The van der Waals surface area contributed by atoms with Crippen molar-refractivity contribution in [2.75, 3.05) is 13.2 Å². The van der Waals surface area contributed by atoms with Gasteiger partial charge < -0.3 is 14.9 Å². The fourth-order valence-electron chi connectivity index (χ4n) is 1.15. The zero-order valence-corrected chi connectivity index (χ0v) is 8.08. The summed E-state index contributed by atoms with van der Waals surface area (Å²) in [4.78, 5) is 7.97. The molecule has 80 valence electrons. The highest BCUT2D eigenvalue weighted by molar-refractivity contribution is 5.34. The molecule has 7 nitrogen and oxygen atoms in total.